The van der Waals surface area contributed by atoms with Gasteiger partial charge in [-0.3, -0.25) is 0 Å². The molecule has 0 amide bonds. The molecule has 21 heavy (non-hydrogen) atoms. The van der Waals surface area contributed by atoms with Gasteiger partial charge < -0.3 is 20.9 Å². The molecule has 2 saturated heterocycles. The van der Waals surface area contributed by atoms with E-state index < -0.39 is 0 Å². The van der Waals surface area contributed by atoms with Crippen LogP contribution in [0.3, 0.4) is 0 Å². The maximum absolute atomic E-state index is 5.87. The van der Waals surface area contributed by atoms with E-state index in [1.165, 1.54) is 13.1 Å². The number of nitrogens with zero attached hydrogens (tertiary/aromatic N) is 4. The fraction of sp³-hybridized carbons (Fsp3) is 0.733. The maximum atomic E-state index is 5.87. The number of fused-ring (bicyclic) bond motifs is 1. The quantitative estimate of drug-likeness (QED) is 0.866. The number of hydrogen-bond acceptors (Lipinski definition) is 6. The highest BCUT2D eigenvalue weighted by atomic mass is 15.3. The summed E-state index contributed by atoms with van der Waals surface area (Å²) in [6.07, 6.45) is 0. The van der Waals surface area contributed by atoms with Crippen LogP contribution in [0.1, 0.15) is 13.8 Å². The van der Waals surface area contributed by atoms with E-state index in [4.69, 9.17) is 5.73 Å². The molecule has 3 N–H and O–H groups in total. The van der Waals surface area contributed by atoms with Crippen molar-refractivity contribution in [2.24, 2.45) is 17.8 Å². The first-order chi connectivity index (χ1) is 10.0. The lowest BCUT2D eigenvalue weighted by atomic mass is 10.0. The maximum Gasteiger partial charge on any atom is 0.223 e. The third-order valence-electron chi connectivity index (χ3n) is 4.41. The second-order valence-corrected chi connectivity index (χ2v) is 6.89. The lowest BCUT2D eigenvalue weighted by Gasteiger charge is -2.21. The van der Waals surface area contributed by atoms with Gasteiger partial charge in [0.1, 0.15) is 11.6 Å². The van der Waals surface area contributed by atoms with Crippen molar-refractivity contribution in [1.29, 1.82) is 0 Å². The second kappa shape index (κ2) is 5.67. The van der Waals surface area contributed by atoms with Crippen molar-refractivity contribution >= 4 is 17.6 Å². The van der Waals surface area contributed by atoms with Gasteiger partial charge in [0.25, 0.3) is 0 Å². The molecule has 2 aliphatic rings. The predicted octanol–water partition coefficient (Wildman–Crippen LogP) is 1.12. The van der Waals surface area contributed by atoms with Crippen molar-refractivity contribution in [2.45, 2.75) is 13.8 Å². The van der Waals surface area contributed by atoms with Gasteiger partial charge in [-0.1, -0.05) is 13.8 Å². The van der Waals surface area contributed by atoms with E-state index in [1.807, 2.05) is 6.07 Å². The second-order valence-electron chi connectivity index (χ2n) is 6.89. The fourth-order valence-corrected chi connectivity index (χ4v) is 3.43. The lowest BCUT2D eigenvalue weighted by Crippen LogP contribution is -2.27. The van der Waals surface area contributed by atoms with Crippen LogP contribution in [0.5, 0.6) is 0 Å². The van der Waals surface area contributed by atoms with Gasteiger partial charge in [-0.2, -0.15) is 9.97 Å². The SMILES string of the molecule is CC(C)CNc1cc(N2CC3CN(C)CC3C2)nc(N)n1. The molecule has 0 bridgehead atoms. The molecule has 6 heteroatoms. The minimum absolute atomic E-state index is 0.355. The third kappa shape index (κ3) is 3.20. The molecule has 2 unspecified atom stereocenters. The van der Waals surface area contributed by atoms with Gasteiger partial charge in [-0.15, -0.1) is 0 Å². The first-order valence-electron chi connectivity index (χ1n) is 7.83. The first kappa shape index (κ1) is 14.4. The van der Waals surface area contributed by atoms with E-state index in [-0.39, 0.29) is 0 Å². The molecule has 116 valence electrons. The van der Waals surface area contributed by atoms with Gasteiger partial charge in [0, 0.05) is 38.8 Å². The van der Waals surface area contributed by atoms with Crippen LogP contribution in [-0.2, 0) is 0 Å². The zero-order valence-electron chi connectivity index (χ0n) is 13.2. The van der Waals surface area contributed by atoms with Gasteiger partial charge in [0.2, 0.25) is 5.95 Å². The van der Waals surface area contributed by atoms with Gasteiger partial charge >= 0.3 is 0 Å². The summed E-state index contributed by atoms with van der Waals surface area (Å²) in [6.45, 7) is 9.80. The summed E-state index contributed by atoms with van der Waals surface area (Å²) in [6, 6.07) is 2.03. The number of aromatic nitrogens is 2. The van der Waals surface area contributed by atoms with Crippen molar-refractivity contribution in [2.75, 3.05) is 55.7 Å². The molecule has 1 aromatic rings. The highest BCUT2D eigenvalue weighted by Crippen LogP contribution is 2.33. The van der Waals surface area contributed by atoms with E-state index >= 15 is 0 Å². The molecule has 2 aliphatic heterocycles. The van der Waals surface area contributed by atoms with E-state index in [2.05, 4.69) is 46.0 Å². The van der Waals surface area contributed by atoms with Crippen LogP contribution in [0.15, 0.2) is 6.07 Å². The molecule has 3 heterocycles. The smallest absolute Gasteiger partial charge is 0.223 e. The molecule has 2 fully saturated rings. The molecule has 3 rings (SSSR count). The Labute approximate surface area is 126 Å². The van der Waals surface area contributed by atoms with E-state index in [9.17, 15) is 0 Å². The van der Waals surface area contributed by atoms with E-state index in [0.717, 1.165) is 43.1 Å². The highest BCUT2D eigenvalue weighted by molar-refractivity contribution is 5.53. The van der Waals surface area contributed by atoms with Gasteiger partial charge in [-0.25, -0.2) is 0 Å². The van der Waals surface area contributed by atoms with Crippen LogP contribution in [0.25, 0.3) is 0 Å². The van der Waals surface area contributed by atoms with Crippen molar-refractivity contribution in [3.8, 4) is 0 Å². The Bertz CT molecular complexity index is 489. The van der Waals surface area contributed by atoms with Crippen molar-refractivity contribution < 1.29 is 0 Å². The Morgan fingerprint density at radius 2 is 1.90 bits per heavy atom. The van der Waals surface area contributed by atoms with Gasteiger partial charge in [0.05, 0.1) is 0 Å². The van der Waals surface area contributed by atoms with Gasteiger partial charge in [-0.05, 0) is 24.8 Å². The molecule has 0 spiro atoms. The summed E-state index contributed by atoms with van der Waals surface area (Å²) in [5.74, 6) is 4.25. The summed E-state index contributed by atoms with van der Waals surface area (Å²) in [5, 5.41) is 3.34. The number of hydrogen-bond donors (Lipinski definition) is 2. The number of nitrogens with two attached hydrogens (primary N) is 1. The average molecular weight is 290 g/mol. The fourth-order valence-electron chi connectivity index (χ4n) is 3.43. The summed E-state index contributed by atoms with van der Waals surface area (Å²) >= 11 is 0. The number of likely N-dealkylation sites (tertiary alicyclic amines) is 1. The monoisotopic (exact) mass is 290 g/mol. The highest BCUT2D eigenvalue weighted by Gasteiger charge is 2.39. The first-order valence-corrected chi connectivity index (χ1v) is 7.83. The topological polar surface area (TPSA) is 70.3 Å². The number of rotatable bonds is 4. The summed E-state index contributed by atoms with van der Waals surface area (Å²) in [5.41, 5.74) is 5.87. The predicted molar refractivity (Wildman–Crippen MR) is 86.5 cm³/mol. The molecule has 2 atom stereocenters. The Morgan fingerprint density at radius 3 is 2.52 bits per heavy atom. The number of nitrogens with one attached hydrogen (secondary N) is 1. The van der Waals surface area contributed by atoms with Crippen LogP contribution in [0.4, 0.5) is 17.6 Å². The zero-order valence-corrected chi connectivity index (χ0v) is 13.2. The standard InChI is InChI=1S/C15H26N6/c1-10(2)5-17-13-4-14(19-15(16)18-13)21-8-11-6-20(3)7-12(11)9-21/h4,10-12H,5-9H2,1-3H3,(H3,16,17,18,19). The number of nitrogen functional groups attached to an aromatic ring is 1. The van der Waals surface area contributed by atoms with Crippen LogP contribution in [0.2, 0.25) is 0 Å². The van der Waals surface area contributed by atoms with Crippen molar-refractivity contribution in [3.63, 3.8) is 0 Å². The minimum Gasteiger partial charge on any atom is -0.370 e. The van der Waals surface area contributed by atoms with Crippen molar-refractivity contribution in [1.82, 2.24) is 14.9 Å². The molecule has 0 radical (unpaired) electrons. The molecule has 0 saturated carbocycles. The normalized spacial score (nSPS) is 25.6. The molecule has 0 aliphatic carbocycles. The molecule has 6 nitrogen and oxygen atoms in total. The summed E-state index contributed by atoms with van der Waals surface area (Å²) in [4.78, 5) is 13.5. The zero-order chi connectivity index (χ0) is 15.0. The Kier molecular flexibility index (Phi) is 3.89. The van der Waals surface area contributed by atoms with E-state index in [1.54, 1.807) is 0 Å². The molecular formula is C15H26N6. The van der Waals surface area contributed by atoms with Crippen LogP contribution < -0.4 is 16.0 Å². The molecule has 1 aromatic heterocycles. The minimum atomic E-state index is 0.355. The van der Waals surface area contributed by atoms with E-state index in [0.29, 0.717) is 11.9 Å². The average Bonchev–Trinajstić information content (AvgIpc) is 2.92. The largest absolute Gasteiger partial charge is 0.370 e. The lowest BCUT2D eigenvalue weighted by molar-refractivity contribution is 0.387. The van der Waals surface area contributed by atoms with Crippen LogP contribution >= 0.6 is 0 Å². The van der Waals surface area contributed by atoms with Gasteiger partial charge in [0.15, 0.2) is 0 Å². The Morgan fingerprint density at radius 1 is 1.24 bits per heavy atom. The number of anilines is 3. The molecular weight excluding hydrogens is 264 g/mol. The summed E-state index contributed by atoms with van der Waals surface area (Å²) in [7, 11) is 2.21. The Balaban J connectivity index is 1.71. The third-order valence-corrected chi connectivity index (χ3v) is 4.41. The summed E-state index contributed by atoms with van der Waals surface area (Å²) < 4.78 is 0. The van der Waals surface area contributed by atoms with Crippen LogP contribution in [-0.4, -0.2) is 54.6 Å². The molecule has 0 aromatic carbocycles. The van der Waals surface area contributed by atoms with Crippen molar-refractivity contribution in [3.05, 3.63) is 6.07 Å². The van der Waals surface area contributed by atoms with Crippen LogP contribution in [0, 0.1) is 17.8 Å². The Hall–Kier alpha value is -1.56.